The third-order valence-corrected chi connectivity index (χ3v) is 6.71. The van der Waals surface area contributed by atoms with Crippen molar-refractivity contribution < 1.29 is 26.3 Å². The lowest BCUT2D eigenvalue weighted by Crippen LogP contribution is -2.30. The van der Waals surface area contributed by atoms with E-state index in [4.69, 9.17) is 0 Å². The highest BCUT2D eigenvalue weighted by Gasteiger charge is 2.38. The van der Waals surface area contributed by atoms with Crippen molar-refractivity contribution in [2.24, 2.45) is 0 Å². The molecule has 0 unspecified atom stereocenters. The number of nitrogens with zero attached hydrogens (tertiary/aromatic N) is 2. The summed E-state index contributed by atoms with van der Waals surface area (Å²) in [6, 6.07) is 5.04. The molecule has 1 aliphatic rings. The number of β-amino-alcohol motifs (C(OH)–C–C–N with tert-alkyl or cyclic N) is 1. The van der Waals surface area contributed by atoms with Crippen molar-refractivity contribution in [3.63, 3.8) is 0 Å². The van der Waals surface area contributed by atoms with Crippen LogP contribution in [-0.4, -0.2) is 70.0 Å². The van der Waals surface area contributed by atoms with Crippen LogP contribution in [0.25, 0.3) is 0 Å². The van der Waals surface area contributed by atoms with Crippen molar-refractivity contribution >= 4 is 25.9 Å². The third-order valence-electron chi connectivity index (χ3n) is 3.41. The average molecular weight is 367 g/mol. The minimum absolute atomic E-state index is 0.105. The molecule has 1 aromatic carbocycles. The van der Waals surface area contributed by atoms with Gasteiger partial charge in [0.1, 0.15) is 12.3 Å². The number of aliphatic hydroxyl groups excluding tert-OH is 1. The Kier molecular flexibility index (Phi) is 4.97. The Bertz CT molecular complexity index is 754. The highest BCUT2D eigenvalue weighted by atomic mass is 32.2. The zero-order valence-electron chi connectivity index (χ0n) is 12.5. The van der Waals surface area contributed by atoms with Gasteiger partial charge in [-0.15, -0.1) is 0 Å². The van der Waals surface area contributed by atoms with Gasteiger partial charge < -0.3 is 5.11 Å². The molecule has 11 heteroatoms. The Balaban J connectivity index is 2.19. The van der Waals surface area contributed by atoms with Crippen molar-refractivity contribution in [2.45, 2.75) is 17.2 Å². The molecule has 0 aliphatic carbocycles. The molecule has 0 amide bonds. The van der Waals surface area contributed by atoms with Gasteiger partial charge in [-0.05, 0) is 24.3 Å². The minimum Gasteiger partial charge on any atom is -0.389 e. The molecule has 8 nitrogen and oxygen atoms in total. The minimum atomic E-state index is -3.94. The van der Waals surface area contributed by atoms with Gasteiger partial charge in [0.2, 0.25) is 10.0 Å². The summed E-state index contributed by atoms with van der Waals surface area (Å²) >= 11 is 0. The summed E-state index contributed by atoms with van der Waals surface area (Å²) in [6.07, 6.45) is -2.95. The molecule has 2 atom stereocenters. The van der Waals surface area contributed by atoms with E-state index in [0.717, 1.165) is 8.61 Å². The molecule has 0 saturated carbocycles. The Labute approximate surface area is 134 Å². The number of hydrogen-bond donors (Lipinski definition) is 2. The molecule has 0 spiro atoms. The lowest BCUT2D eigenvalue weighted by molar-refractivity contribution is 0.117. The van der Waals surface area contributed by atoms with Gasteiger partial charge in [0.15, 0.2) is 0 Å². The summed E-state index contributed by atoms with van der Waals surface area (Å²) in [6.45, 7) is -0.711. The molecule has 130 valence electrons. The molecule has 0 aromatic heterocycles. The fourth-order valence-electron chi connectivity index (χ4n) is 1.99. The van der Waals surface area contributed by atoms with Crippen LogP contribution in [0, 0.1) is 0 Å². The molecule has 2 N–H and O–H groups in total. The van der Waals surface area contributed by atoms with E-state index in [0.29, 0.717) is 0 Å². The van der Waals surface area contributed by atoms with Crippen LogP contribution in [0.2, 0.25) is 0 Å². The molecule has 23 heavy (non-hydrogen) atoms. The quantitative estimate of drug-likeness (QED) is 0.737. The van der Waals surface area contributed by atoms with Crippen LogP contribution in [0.1, 0.15) is 0 Å². The number of hydrogen-bond acceptors (Lipinski definition) is 5. The summed E-state index contributed by atoms with van der Waals surface area (Å²) in [4.78, 5) is -0.105. The second kappa shape index (κ2) is 6.32. The van der Waals surface area contributed by atoms with Crippen molar-refractivity contribution in [3.05, 3.63) is 24.3 Å². The van der Waals surface area contributed by atoms with E-state index in [-0.39, 0.29) is 17.1 Å². The zero-order chi connectivity index (χ0) is 17.4. The first-order valence-corrected chi connectivity index (χ1v) is 9.54. The van der Waals surface area contributed by atoms with Crippen LogP contribution in [0.5, 0.6) is 0 Å². The standard InChI is InChI=1S/C12H18FN3O5S2/c1-15(2)23(20,21)14-9-3-5-10(6-4-9)22(18,19)16-7-11(13)12(17)8-16/h3-6,11-12,14,17H,7-8H2,1-2H3/t11-,12-/m1/s1. The van der Waals surface area contributed by atoms with Crippen LogP contribution in [0.15, 0.2) is 29.2 Å². The predicted octanol–water partition coefficient (Wildman–Crippen LogP) is -0.392. The van der Waals surface area contributed by atoms with E-state index in [2.05, 4.69) is 4.72 Å². The second-order valence-corrected chi connectivity index (χ2v) is 9.14. The Morgan fingerprint density at radius 1 is 1.17 bits per heavy atom. The number of nitrogens with one attached hydrogen (secondary N) is 1. The van der Waals surface area contributed by atoms with E-state index in [1.165, 1.54) is 38.4 Å². The van der Waals surface area contributed by atoms with Crippen LogP contribution in [-0.2, 0) is 20.2 Å². The third kappa shape index (κ3) is 3.80. The number of benzene rings is 1. The lowest BCUT2D eigenvalue weighted by atomic mass is 10.3. The molecular formula is C12H18FN3O5S2. The fourth-order valence-corrected chi connectivity index (χ4v) is 4.08. The van der Waals surface area contributed by atoms with Crippen LogP contribution >= 0.6 is 0 Å². The highest BCUT2D eigenvalue weighted by molar-refractivity contribution is 7.90. The predicted molar refractivity (Wildman–Crippen MR) is 82.3 cm³/mol. The van der Waals surface area contributed by atoms with Crippen LogP contribution < -0.4 is 4.72 Å². The SMILES string of the molecule is CN(C)S(=O)(=O)Nc1ccc(S(=O)(=O)N2C[C@@H](O)[C@H](F)C2)cc1. The molecule has 1 aliphatic heterocycles. The molecule has 0 bridgehead atoms. The normalized spacial score (nSPS) is 23.3. The van der Waals surface area contributed by atoms with E-state index in [9.17, 15) is 26.3 Å². The van der Waals surface area contributed by atoms with Gasteiger partial charge >= 0.3 is 10.2 Å². The maximum atomic E-state index is 13.3. The number of sulfonamides is 1. The van der Waals surface area contributed by atoms with E-state index in [1.54, 1.807) is 0 Å². The Hall–Kier alpha value is -1.27. The van der Waals surface area contributed by atoms with Crippen LogP contribution in [0.3, 0.4) is 0 Å². The number of halogens is 1. The fraction of sp³-hybridized carbons (Fsp3) is 0.500. The first-order chi connectivity index (χ1) is 10.5. The summed E-state index contributed by atoms with van der Waals surface area (Å²) in [5.41, 5.74) is 0.197. The number of anilines is 1. The van der Waals surface area contributed by atoms with Gasteiger partial charge in [0, 0.05) is 32.9 Å². The maximum absolute atomic E-state index is 13.3. The topological polar surface area (TPSA) is 107 Å². The van der Waals surface area contributed by atoms with E-state index in [1.807, 2.05) is 0 Å². The number of rotatable bonds is 5. The summed E-state index contributed by atoms with van der Waals surface area (Å²) in [7, 11) is -4.92. The maximum Gasteiger partial charge on any atom is 0.301 e. The van der Waals surface area contributed by atoms with Crippen molar-refractivity contribution in [3.8, 4) is 0 Å². The first-order valence-electron chi connectivity index (χ1n) is 6.66. The average Bonchev–Trinajstić information content (AvgIpc) is 2.79. The van der Waals surface area contributed by atoms with E-state index >= 15 is 0 Å². The number of alkyl halides is 1. The van der Waals surface area contributed by atoms with Gasteiger partial charge in [-0.25, -0.2) is 12.8 Å². The van der Waals surface area contributed by atoms with Gasteiger partial charge in [0.05, 0.1) is 4.90 Å². The molecular weight excluding hydrogens is 349 g/mol. The van der Waals surface area contributed by atoms with Crippen LogP contribution in [0.4, 0.5) is 10.1 Å². The van der Waals surface area contributed by atoms with Gasteiger partial charge in [-0.3, -0.25) is 4.72 Å². The second-order valence-electron chi connectivity index (χ2n) is 5.32. The lowest BCUT2D eigenvalue weighted by Gasteiger charge is -2.16. The molecule has 1 aromatic rings. The highest BCUT2D eigenvalue weighted by Crippen LogP contribution is 2.24. The summed E-state index contributed by atoms with van der Waals surface area (Å²) in [5, 5.41) is 9.34. The number of aliphatic hydroxyl groups is 1. The summed E-state index contributed by atoms with van der Waals surface area (Å²) in [5.74, 6) is 0. The van der Waals surface area contributed by atoms with Gasteiger partial charge in [-0.2, -0.15) is 17.0 Å². The Morgan fingerprint density at radius 3 is 2.17 bits per heavy atom. The molecule has 1 heterocycles. The molecule has 1 fully saturated rings. The van der Waals surface area contributed by atoms with Crippen molar-refractivity contribution in [1.29, 1.82) is 0 Å². The smallest absolute Gasteiger partial charge is 0.301 e. The first kappa shape index (κ1) is 18.1. The van der Waals surface area contributed by atoms with Gasteiger partial charge in [0.25, 0.3) is 0 Å². The van der Waals surface area contributed by atoms with Crippen molar-refractivity contribution in [1.82, 2.24) is 8.61 Å². The van der Waals surface area contributed by atoms with Gasteiger partial charge in [-0.1, -0.05) is 0 Å². The monoisotopic (exact) mass is 367 g/mol. The zero-order valence-corrected chi connectivity index (χ0v) is 14.2. The Morgan fingerprint density at radius 2 is 1.74 bits per heavy atom. The molecule has 2 rings (SSSR count). The summed E-state index contributed by atoms with van der Waals surface area (Å²) < 4.78 is 65.4. The molecule has 0 radical (unpaired) electrons. The van der Waals surface area contributed by atoms with Crippen molar-refractivity contribution in [2.75, 3.05) is 31.9 Å². The van der Waals surface area contributed by atoms with E-state index < -0.39 is 39.1 Å². The largest absolute Gasteiger partial charge is 0.389 e. The molecule has 1 saturated heterocycles.